The molecule has 0 aliphatic rings. The Morgan fingerprint density at radius 2 is 1.83 bits per heavy atom. The maximum absolute atomic E-state index is 12.6. The number of hydrogen-bond acceptors (Lipinski definition) is 5. The van der Waals surface area contributed by atoms with E-state index in [2.05, 4.69) is 9.88 Å². The molecule has 3 aromatic rings. The molecule has 3 rings (SSSR count). The molecule has 0 N–H and O–H groups in total. The first-order chi connectivity index (χ1) is 14.3. The third-order valence-electron chi connectivity index (χ3n) is 4.30. The number of carbonyl (C=O) groups excluding carboxylic acids is 1. The average molecular weight is 425 g/mol. The topological polar surface area (TPSA) is 51.7 Å². The van der Waals surface area contributed by atoms with Crippen LogP contribution >= 0.6 is 11.6 Å². The lowest BCUT2D eigenvalue weighted by Gasteiger charge is -2.26. The number of anilines is 2. The first kappa shape index (κ1) is 21.7. The number of benzene rings is 2. The Morgan fingerprint density at radius 3 is 2.47 bits per heavy atom. The highest BCUT2D eigenvalue weighted by Gasteiger charge is 2.20. The van der Waals surface area contributed by atoms with Crippen molar-refractivity contribution in [2.24, 2.45) is 0 Å². The van der Waals surface area contributed by atoms with E-state index in [0.29, 0.717) is 22.9 Å². The lowest BCUT2D eigenvalue weighted by molar-refractivity contribution is 0.00695. The van der Waals surface area contributed by atoms with Crippen molar-refractivity contribution in [2.75, 3.05) is 12.0 Å². The van der Waals surface area contributed by atoms with Gasteiger partial charge in [-0.2, -0.15) is 0 Å². The Hall–Kier alpha value is -3.05. The second-order valence-corrected chi connectivity index (χ2v) is 8.23. The Morgan fingerprint density at radius 1 is 1.07 bits per heavy atom. The molecule has 0 spiro atoms. The highest BCUT2D eigenvalue weighted by Crippen LogP contribution is 2.34. The van der Waals surface area contributed by atoms with Crippen molar-refractivity contribution in [1.29, 1.82) is 0 Å². The van der Waals surface area contributed by atoms with Gasteiger partial charge in [-0.05, 0) is 68.8 Å². The van der Waals surface area contributed by atoms with Crippen LogP contribution in [0.1, 0.15) is 36.7 Å². The molecule has 0 atom stereocenters. The zero-order valence-electron chi connectivity index (χ0n) is 17.6. The second kappa shape index (κ2) is 9.18. The molecule has 5 nitrogen and oxygen atoms in total. The van der Waals surface area contributed by atoms with E-state index in [4.69, 9.17) is 21.1 Å². The molecule has 0 unspecified atom stereocenters. The summed E-state index contributed by atoms with van der Waals surface area (Å²) in [5, 5.41) is 0.509. The standard InChI is InChI=1S/C24H25ClN2O3/c1-24(2,3)30-23(28)18-8-5-9-19(13-18)27(16-17-7-6-12-26-15-17)20-10-11-22(29-4)21(25)14-20/h5-15H,16H2,1-4H3. The molecule has 30 heavy (non-hydrogen) atoms. The molecule has 0 bridgehead atoms. The molecule has 0 saturated heterocycles. The van der Waals surface area contributed by atoms with Crippen LogP contribution in [0.25, 0.3) is 0 Å². The van der Waals surface area contributed by atoms with Gasteiger partial charge in [0, 0.05) is 30.3 Å². The van der Waals surface area contributed by atoms with Crippen LogP contribution in [-0.2, 0) is 11.3 Å². The number of aromatic nitrogens is 1. The SMILES string of the molecule is COc1ccc(N(Cc2cccnc2)c2cccc(C(=O)OC(C)(C)C)c2)cc1Cl. The number of nitrogens with zero attached hydrogens (tertiary/aromatic N) is 2. The molecule has 0 saturated carbocycles. The fourth-order valence-electron chi connectivity index (χ4n) is 2.97. The van der Waals surface area contributed by atoms with Crippen molar-refractivity contribution >= 4 is 28.9 Å². The van der Waals surface area contributed by atoms with E-state index in [9.17, 15) is 4.79 Å². The third kappa shape index (κ3) is 5.51. The molecule has 0 aliphatic carbocycles. The number of halogens is 1. The summed E-state index contributed by atoms with van der Waals surface area (Å²) in [6, 6.07) is 16.9. The predicted molar refractivity (Wildman–Crippen MR) is 120 cm³/mol. The number of hydrogen-bond donors (Lipinski definition) is 0. The number of pyridine rings is 1. The van der Waals surface area contributed by atoms with Crippen LogP contribution in [0.5, 0.6) is 5.75 Å². The van der Waals surface area contributed by atoms with Gasteiger partial charge in [0.2, 0.25) is 0 Å². The summed E-state index contributed by atoms with van der Waals surface area (Å²) in [5.74, 6) is 0.239. The monoisotopic (exact) mass is 424 g/mol. The van der Waals surface area contributed by atoms with Crippen LogP contribution < -0.4 is 9.64 Å². The van der Waals surface area contributed by atoms with Crippen molar-refractivity contribution in [3.63, 3.8) is 0 Å². The van der Waals surface area contributed by atoms with Crippen LogP contribution in [-0.4, -0.2) is 23.7 Å². The Balaban J connectivity index is 2.01. The minimum Gasteiger partial charge on any atom is -0.495 e. The minimum atomic E-state index is -0.563. The van der Waals surface area contributed by atoms with Gasteiger partial charge in [0.15, 0.2) is 0 Å². The van der Waals surface area contributed by atoms with Crippen molar-refractivity contribution in [3.05, 3.63) is 83.1 Å². The zero-order chi connectivity index (χ0) is 21.7. The highest BCUT2D eigenvalue weighted by molar-refractivity contribution is 6.32. The van der Waals surface area contributed by atoms with Crippen molar-refractivity contribution in [3.8, 4) is 5.75 Å². The predicted octanol–water partition coefficient (Wildman–Crippen LogP) is 6.04. The van der Waals surface area contributed by atoms with Crippen LogP contribution in [0.4, 0.5) is 11.4 Å². The van der Waals surface area contributed by atoms with E-state index >= 15 is 0 Å². The number of esters is 1. The number of methoxy groups -OCH3 is 1. The van der Waals surface area contributed by atoms with Gasteiger partial charge in [-0.15, -0.1) is 0 Å². The summed E-state index contributed by atoms with van der Waals surface area (Å²) in [6.45, 7) is 6.10. The van der Waals surface area contributed by atoms with Crippen LogP contribution in [0.3, 0.4) is 0 Å². The lowest BCUT2D eigenvalue weighted by Crippen LogP contribution is -2.24. The van der Waals surface area contributed by atoms with Gasteiger partial charge >= 0.3 is 5.97 Å². The van der Waals surface area contributed by atoms with Gasteiger partial charge in [-0.3, -0.25) is 4.98 Å². The summed E-state index contributed by atoms with van der Waals surface area (Å²) < 4.78 is 10.8. The summed E-state index contributed by atoms with van der Waals surface area (Å²) in [5.41, 5.74) is 2.64. The summed E-state index contributed by atoms with van der Waals surface area (Å²) in [6.07, 6.45) is 3.55. The number of carbonyl (C=O) groups is 1. The van der Waals surface area contributed by atoms with Gasteiger partial charge in [-0.25, -0.2) is 4.79 Å². The fourth-order valence-corrected chi connectivity index (χ4v) is 3.22. The maximum atomic E-state index is 12.6. The van der Waals surface area contributed by atoms with Gasteiger partial charge in [-0.1, -0.05) is 23.7 Å². The molecule has 0 aliphatic heterocycles. The molecule has 0 radical (unpaired) electrons. The summed E-state index contributed by atoms with van der Waals surface area (Å²) >= 11 is 6.38. The summed E-state index contributed by atoms with van der Waals surface area (Å²) in [4.78, 5) is 18.9. The first-order valence-electron chi connectivity index (χ1n) is 9.60. The molecular formula is C24H25ClN2O3. The van der Waals surface area contributed by atoms with Gasteiger partial charge in [0.05, 0.1) is 17.7 Å². The molecule has 2 aromatic carbocycles. The van der Waals surface area contributed by atoms with E-state index in [1.807, 2.05) is 75.5 Å². The Bertz CT molecular complexity index is 1020. The maximum Gasteiger partial charge on any atom is 0.338 e. The van der Waals surface area contributed by atoms with Gasteiger partial charge in [0.1, 0.15) is 11.4 Å². The quantitative estimate of drug-likeness (QED) is 0.451. The molecule has 0 fully saturated rings. The first-order valence-corrected chi connectivity index (χ1v) is 9.98. The van der Waals surface area contributed by atoms with E-state index in [-0.39, 0.29) is 5.97 Å². The van der Waals surface area contributed by atoms with Crippen molar-refractivity contribution in [1.82, 2.24) is 4.98 Å². The molecular weight excluding hydrogens is 400 g/mol. The Kier molecular flexibility index (Phi) is 6.63. The van der Waals surface area contributed by atoms with Crippen molar-refractivity contribution < 1.29 is 14.3 Å². The molecule has 1 aromatic heterocycles. The fraction of sp³-hybridized carbons (Fsp3) is 0.250. The number of ether oxygens (including phenoxy) is 2. The van der Waals surface area contributed by atoms with Gasteiger partial charge in [0.25, 0.3) is 0 Å². The number of rotatable bonds is 6. The van der Waals surface area contributed by atoms with Crippen LogP contribution in [0.2, 0.25) is 5.02 Å². The smallest absolute Gasteiger partial charge is 0.338 e. The molecule has 1 heterocycles. The van der Waals surface area contributed by atoms with E-state index < -0.39 is 5.60 Å². The van der Waals surface area contributed by atoms with E-state index in [0.717, 1.165) is 16.9 Å². The third-order valence-corrected chi connectivity index (χ3v) is 4.60. The Labute approximate surface area is 182 Å². The van der Waals surface area contributed by atoms with Crippen LogP contribution in [0.15, 0.2) is 67.0 Å². The largest absolute Gasteiger partial charge is 0.495 e. The van der Waals surface area contributed by atoms with Crippen molar-refractivity contribution in [2.45, 2.75) is 32.9 Å². The molecule has 6 heteroatoms. The normalized spacial score (nSPS) is 11.1. The minimum absolute atomic E-state index is 0.363. The lowest BCUT2D eigenvalue weighted by atomic mass is 10.1. The average Bonchev–Trinajstić information content (AvgIpc) is 2.71. The second-order valence-electron chi connectivity index (χ2n) is 7.82. The highest BCUT2D eigenvalue weighted by atomic mass is 35.5. The zero-order valence-corrected chi connectivity index (χ0v) is 18.3. The van der Waals surface area contributed by atoms with E-state index in [1.165, 1.54) is 0 Å². The molecule has 156 valence electrons. The van der Waals surface area contributed by atoms with E-state index in [1.54, 1.807) is 19.4 Å². The van der Waals surface area contributed by atoms with Gasteiger partial charge < -0.3 is 14.4 Å². The van der Waals surface area contributed by atoms with Crippen LogP contribution in [0, 0.1) is 0 Å². The summed E-state index contributed by atoms with van der Waals surface area (Å²) in [7, 11) is 1.58. The molecule has 0 amide bonds.